The predicted octanol–water partition coefficient (Wildman–Crippen LogP) is 3.55. The molecule has 0 aliphatic heterocycles. The normalized spacial score (nSPS) is 10.8. The van der Waals surface area contributed by atoms with E-state index in [1.165, 1.54) is 15.6 Å². The van der Waals surface area contributed by atoms with E-state index in [2.05, 4.69) is 40.4 Å². The molecule has 0 unspecified atom stereocenters. The fourth-order valence-corrected chi connectivity index (χ4v) is 2.70. The minimum Gasteiger partial charge on any atom is -0.398 e. The van der Waals surface area contributed by atoms with Crippen LogP contribution in [0.15, 0.2) is 22.0 Å². The van der Waals surface area contributed by atoms with Crippen LogP contribution in [0, 0.1) is 6.92 Å². The molecule has 0 amide bonds. The number of hydrogen-bond acceptors (Lipinski definition) is 2. The van der Waals surface area contributed by atoms with Gasteiger partial charge in [0.25, 0.3) is 0 Å². The molecule has 0 aliphatic rings. The summed E-state index contributed by atoms with van der Waals surface area (Å²) >= 11 is 5.17. The number of nitrogens with two attached hydrogens (primary N) is 1. The molecule has 1 heterocycles. The summed E-state index contributed by atoms with van der Waals surface area (Å²) in [6.45, 7) is 2.05. The molecule has 2 N–H and O–H groups in total. The van der Waals surface area contributed by atoms with Crippen LogP contribution < -0.4 is 5.73 Å². The molecule has 12 heavy (non-hydrogen) atoms. The van der Waals surface area contributed by atoms with Gasteiger partial charge in [0.1, 0.15) is 0 Å². The molecule has 0 atom stereocenters. The molecule has 0 saturated heterocycles. The molecular formula is C9H8BrNS. The first kappa shape index (κ1) is 8.08. The van der Waals surface area contributed by atoms with Gasteiger partial charge >= 0.3 is 0 Å². The maximum Gasteiger partial charge on any atom is 0.0502 e. The van der Waals surface area contributed by atoms with Gasteiger partial charge in [-0.3, -0.25) is 0 Å². The van der Waals surface area contributed by atoms with Gasteiger partial charge < -0.3 is 5.73 Å². The number of nitrogen functional groups attached to an aromatic ring is 1. The van der Waals surface area contributed by atoms with Crippen LogP contribution in [0.25, 0.3) is 10.1 Å². The molecule has 0 aliphatic carbocycles. The van der Waals surface area contributed by atoms with Crippen LogP contribution in [0.2, 0.25) is 0 Å². The summed E-state index contributed by atoms with van der Waals surface area (Å²) in [6.07, 6.45) is 0. The van der Waals surface area contributed by atoms with E-state index in [-0.39, 0.29) is 0 Å². The molecule has 1 aromatic carbocycles. The number of rotatable bonds is 0. The van der Waals surface area contributed by atoms with Gasteiger partial charge in [-0.15, -0.1) is 11.3 Å². The standard InChI is InChI=1S/C9H8BrNS/c1-5-8(11)7(10)4-6-2-3-12-9(5)6/h2-4H,11H2,1H3. The summed E-state index contributed by atoms with van der Waals surface area (Å²) in [5.74, 6) is 0. The number of thiophene rings is 1. The minimum absolute atomic E-state index is 0.852. The predicted molar refractivity (Wildman–Crippen MR) is 58.7 cm³/mol. The van der Waals surface area contributed by atoms with Crippen LogP contribution in [-0.2, 0) is 0 Å². The van der Waals surface area contributed by atoms with E-state index in [0.717, 1.165) is 10.2 Å². The fraction of sp³-hybridized carbons (Fsp3) is 0.111. The molecule has 3 heteroatoms. The Hall–Kier alpha value is -0.540. The lowest BCUT2D eigenvalue weighted by atomic mass is 10.1. The molecule has 0 saturated carbocycles. The van der Waals surface area contributed by atoms with Gasteiger partial charge in [-0.05, 0) is 51.3 Å². The molecule has 0 radical (unpaired) electrons. The summed E-state index contributed by atoms with van der Waals surface area (Å²) < 4.78 is 2.28. The highest BCUT2D eigenvalue weighted by atomic mass is 79.9. The van der Waals surface area contributed by atoms with Crippen molar-refractivity contribution in [1.82, 2.24) is 0 Å². The molecule has 62 valence electrons. The van der Waals surface area contributed by atoms with Crippen LogP contribution in [0.1, 0.15) is 5.56 Å². The first-order valence-electron chi connectivity index (χ1n) is 3.62. The third kappa shape index (κ3) is 1.04. The van der Waals surface area contributed by atoms with Crippen molar-refractivity contribution in [2.45, 2.75) is 6.92 Å². The van der Waals surface area contributed by atoms with E-state index in [4.69, 9.17) is 5.73 Å². The SMILES string of the molecule is Cc1c(N)c(Br)cc2ccsc12. The fourth-order valence-electron chi connectivity index (χ4n) is 1.25. The Morgan fingerprint density at radius 1 is 1.50 bits per heavy atom. The Morgan fingerprint density at radius 3 is 3.00 bits per heavy atom. The van der Waals surface area contributed by atoms with Crippen molar-refractivity contribution >= 4 is 43.0 Å². The molecule has 1 aromatic heterocycles. The quantitative estimate of drug-likeness (QED) is 0.702. The van der Waals surface area contributed by atoms with Crippen molar-refractivity contribution in [1.29, 1.82) is 0 Å². The highest BCUT2D eigenvalue weighted by Gasteiger charge is 2.05. The van der Waals surface area contributed by atoms with Gasteiger partial charge in [-0.25, -0.2) is 0 Å². The summed E-state index contributed by atoms with van der Waals surface area (Å²) in [6, 6.07) is 4.17. The van der Waals surface area contributed by atoms with Gasteiger partial charge in [0.05, 0.1) is 5.69 Å². The lowest BCUT2D eigenvalue weighted by molar-refractivity contribution is 1.53. The third-order valence-corrected chi connectivity index (χ3v) is 3.69. The lowest BCUT2D eigenvalue weighted by Crippen LogP contribution is -1.90. The van der Waals surface area contributed by atoms with Gasteiger partial charge in [0, 0.05) is 9.17 Å². The third-order valence-electron chi connectivity index (χ3n) is 1.98. The van der Waals surface area contributed by atoms with Gasteiger partial charge in [-0.1, -0.05) is 0 Å². The van der Waals surface area contributed by atoms with Crippen molar-refractivity contribution in [2.75, 3.05) is 5.73 Å². The Balaban J connectivity index is 2.94. The van der Waals surface area contributed by atoms with Crippen LogP contribution in [0.3, 0.4) is 0 Å². The Morgan fingerprint density at radius 2 is 2.25 bits per heavy atom. The zero-order valence-electron chi connectivity index (χ0n) is 6.60. The number of anilines is 1. The molecular weight excluding hydrogens is 234 g/mol. The monoisotopic (exact) mass is 241 g/mol. The van der Waals surface area contributed by atoms with E-state index >= 15 is 0 Å². The van der Waals surface area contributed by atoms with E-state index < -0.39 is 0 Å². The van der Waals surface area contributed by atoms with Crippen molar-refractivity contribution < 1.29 is 0 Å². The smallest absolute Gasteiger partial charge is 0.0502 e. The maximum absolute atomic E-state index is 5.87. The molecule has 0 spiro atoms. The highest BCUT2D eigenvalue weighted by molar-refractivity contribution is 9.10. The molecule has 1 nitrogen and oxygen atoms in total. The first-order chi connectivity index (χ1) is 5.70. The summed E-state index contributed by atoms with van der Waals surface area (Å²) in [7, 11) is 0. The molecule has 0 fully saturated rings. The van der Waals surface area contributed by atoms with E-state index in [1.54, 1.807) is 11.3 Å². The number of benzene rings is 1. The second-order valence-electron chi connectivity index (χ2n) is 2.74. The van der Waals surface area contributed by atoms with E-state index in [0.29, 0.717) is 0 Å². The Kier molecular flexibility index (Phi) is 1.85. The average molecular weight is 242 g/mol. The number of aryl methyl sites for hydroxylation is 1. The van der Waals surface area contributed by atoms with Crippen LogP contribution >= 0.6 is 27.3 Å². The van der Waals surface area contributed by atoms with Gasteiger partial charge in [0.2, 0.25) is 0 Å². The average Bonchev–Trinajstić information content (AvgIpc) is 2.48. The zero-order chi connectivity index (χ0) is 8.72. The van der Waals surface area contributed by atoms with Crippen molar-refractivity contribution in [3.05, 3.63) is 27.5 Å². The van der Waals surface area contributed by atoms with E-state index in [1.807, 2.05) is 0 Å². The van der Waals surface area contributed by atoms with Gasteiger partial charge in [0.15, 0.2) is 0 Å². The minimum atomic E-state index is 0.852. The van der Waals surface area contributed by atoms with Crippen molar-refractivity contribution in [3.8, 4) is 0 Å². The Labute approximate surface area is 83.3 Å². The largest absolute Gasteiger partial charge is 0.398 e. The second-order valence-corrected chi connectivity index (χ2v) is 4.51. The second kappa shape index (κ2) is 2.75. The first-order valence-corrected chi connectivity index (χ1v) is 5.29. The van der Waals surface area contributed by atoms with Crippen molar-refractivity contribution in [2.24, 2.45) is 0 Å². The number of halogens is 1. The molecule has 2 rings (SSSR count). The number of hydrogen-bond donors (Lipinski definition) is 1. The van der Waals surface area contributed by atoms with Crippen LogP contribution in [0.5, 0.6) is 0 Å². The maximum atomic E-state index is 5.87. The van der Waals surface area contributed by atoms with Crippen LogP contribution in [-0.4, -0.2) is 0 Å². The number of fused-ring (bicyclic) bond motifs is 1. The molecule has 0 bridgehead atoms. The van der Waals surface area contributed by atoms with Crippen molar-refractivity contribution in [3.63, 3.8) is 0 Å². The van der Waals surface area contributed by atoms with Gasteiger partial charge in [-0.2, -0.15) is 0 Å². The zero-order valence-corrected chi connectivity index (χ0v) is 9.00. The highest BCUT2D eigenvalue weighted by Crippen LogP contribution is 2.33. The summed E-state index contributed by atoms with van der Waals surface area (Å²) in [5.41, 5.74) is 7.89. The summed E-state index contributed by atoms with van der Waals surface area (Å²) in [5, 5.41) is 3.35. The lowest BCUT2D eigenvalue weighted by Gasteiger charge is -2.03. The van der Waals surface area contributed by atoms with Crippen LogP contribution in [0.4, 0.5) is 5.69 Å². The van der Waals surface area contributed by atoms with E-state index in [9.17, 15) is 0 Å². The molecule has 2 aromatic rings. The summed E-state index contributed by atoms with van der Waals surface area (Å²) in [4.78, 5) is 0. The topological polar surface area (TPSA) is 26.0 Å². The Bertz CT molecular complexity index is 433.